The fourth-order valence-corrected chi connectivity index (χ4v) is 2.92. The Labute approximate surface area is 116 Å². The number of ether oxygens (including phenoxy) is 1. The van der Waals surface area contributed by atoms with Crippen LogP contribution >= 0.6 is 11.3 Å². The van der Waals surface area contributed by atoms with E-state index in [-0.39, 0.29) is 16.5 Å². The standard InChI is InChI=1S/C15H16O3S/c1-9-4-6-11(7-5-9)10(2)13-8-12(16)14(19-13)15(17)18-3/h4-8,10,16H,1-3H3. The summed E-state index contributed by atoms with van der Waals surface area (Å²) in [5, 5.41) is 9.78. The van der Waals surface area contributed by atoms with Gasteiger partial charge in [-0.3, -0.25) is 0 Å². The zero-order chi connectivity index (χ0) is 14.0. The highest BCUT2D eigenvalue weighted by Gasteiger charge is 2.19. The van der Waals surface area contributed by atoms with Crippen LogP contribution in [0.25, 0.3) is 0 Å². The van der Waals surface area contributed by atoms with Gasteiger partial charge in [-0.25, -0.2) is 4.79 Å². The van der Waals surface area contributed by atoms with Crippen LogP contribution in [0, 0.1) is 6.92 Å². The fourth-order valence-electron chi connectivity index (χ4n) is 1.87. The van der Waals surface area contributed by atoms with Crippen LogP contribution in [0.15, 0.2) is 30.3 Å². The molecule has 100 valence electrons. The lowest BCUT2D eigenvalue weighted by molar-refractivity contribution is 0.0603. The molecule has 3 nitrogen and oxygen atoms in total. The normalized spacial score (nSPS) is 12.2. The molecule has 1 aromatic carbocycles. The van der Waals surface area contributed by atoms with Crippen LogP contribution < -0.4 is 0 Å². The first-order valence-corrected chi connectivity index (χ1v) is 6.82. The highest BCUT2D eigenvalue weighted by atomic mass is 32.1. The highest BCUT2D eigenvalue weighted by Crippen LogP contribution is 2.36. The van der Waals surface area contributed by atoms with E-state index >= 15 is 0 Å². The van der Waals surface area contributed by atoms with Gasteiger partial charge in [-0.2, -0.15) is 0 Å². The molecule has 0 aliphatic heterocycles. The summed E-state index contributed by atoms with van der Waals surface area (Å²) in [5.74, 6) is -0.370. The van der Waals surface area contributed by atoms with Crippen LogP contribution in [0.4, 0.5) is 0 Å². The van der Waals surface area contributed by atoms with Crippen molar-refractivity contribution in [2.45, 2.75) is 19.8 Å². The van der Waals surface area contributed by atoms with Gasteiger partial charge in [0.25, 0.3) is 0 Å². The molecule has 0 bridgehead atoms. The van der Waals surface area contributed by atoms with Gasteiger partial charge in [0.05, 0.1) is 7.11 Å². The first-order valence-electron chi connectivity index (χ1n) is 6.00. The van der Waals surface area contributed by atoms with Gasteiger partial charge in [0.2, 0.25) is 0 Å². The molecule has 0 fully saturated rings. The second kappa shape index (κ2) is 5.45. The quantitative estimate of drug-likeness (QED) is 0.869. The van der Waals surface area contributed by atoms with E-state index in [1.165, 1.54) is 24.0 Å². The number of thiophene rings is 1. The van der Waals surface area contributed by atoms with Crippen molar-refractivity contribution in [1.29, 1.82) is 0 Å². The number of benzene rings is 1. The maximum absolute atomic E-state index is 11.5. The Morgan fingerprint density at radius 3 is 2.53 bits per heavy atom. The predicted molar refractivity (Wildman–Crippen MR) is 76.0 cm³/mol. The average Bonchev–Trinajstić information content (AvgIpc) is 2.80. The molecule has 0 aliphatic carbocycles. The Balaban J connectivity index is 2.31. The highest BCUT2D eigenvalue weighted by molar-refractivity contribution is 7.14. The van der Waals surface area contributed by atoms with Crippen molar-refractivity contribution in [2.24, 2.45) is 0 Å². The molecule has 0 saturated heterocycles. The number of aromatic hydroxyl groups is 1. The van der Waals surface area contributed by atoms with Gasteiger partial charge in [-0.15, -0.1) is 11.3 Å². The maximum atomic E-state index is 11.5. The molecule has 1 heterocycles. The third kappa shape index (κ3) is 2.79. The molecular formula is C15H16O3S. The average molecular weight is 276 g/mol. The minimum atomic E-state index is -0.496. The molecule has 0 amide bonds. The van der Waals surface area contributed by atoms with Gasteiger partial charge in [-0.05, 0) is 18.6 Å². The Hall–Kier alpha value is -1.81. The second-order valence-corrected chi connectivity index (χ2v) is 5.57. The lowest BCUT2D eigenvalue weighted by Gasteiger charge is -2.09. The van der Waals surface area contributed by atoms with E-state index in [4.69, 9.17) is 0 Å². The van der Waals surface area contributed by atoms with Crippen LogP contribution in [-0.2, 0) is 4.74 Å². The molecule has 1 aromatic heterocycles. The molecule has 2 rings (SSSR count). The molecule has 1 atom stereocenters. The molecule has 19 heavy (non-hydrogen) atoms. The van der Waals surface area contributed by atoms with Gasteiger partial charge in [0.1, 0.15) is 5.75 Å². The van der Waals surface area contributed by atoms with E-state index in [0.717, 1.165) is 10.4 Å². The fraction of sp³-hybridized carbons (Fsp3) is 0.267. The Morgan fingerprint density at radius 1 is 1.32 bits per heavy atom. The van der Waals surface area contributed by atoms with Gasteiger partial charge < -0.3 is 9.84 Å². The second-order valence-electron chi connectivity index (χ2n) is 4.49. The minimum Gasteiger partial charge on any atom is -0.506 e. The summed E-state index contributed by atoms with van der Waals surface area (Å²) in [6.07, 6.45) is 0. The number of carbonyl (C=O) groups excluding carboxylic acids is 1. The van der Waals surface area contributed by atoms with E-state index in [1.807, 2.05) is 6.92 Å². The van der Waals surface area contributed by atoms with Crippen molar-refractivity contribution in [3.63, 3.8) is 0 Å². The summed E-state index contributed by atoms with van der Waals surface area (Å²) in [5.41, 5.74) is 2.36. The van der Waals surface area contributed by atoms with E-state index in [2.05, 4.69) is 35.9 Å². The lowest BCUT2D eigenvalue weighted by Crippen LogP contribution is -1.97. The van der Waals surface area contributed by atoms with E-state index in [0.29, 0.717) is 0 Å². The summed E-state index contributed by atoms with van der Waals surface area (Å²) < 4.78 is 4.64. The molecule has 0 aliphatic rings. The SMILES string of the molecule is COC(=O)c1sc(C(C)c2ccc(C)cc2)cc1O. The Bertz CT molecular complexity index is 584. The molecule has 0 saturated carbocycles. The van der Waals surface area contributed by atoms with Crippen LogP contribution in [0.3, 0.4) is 0 Å². The predicted octanol–water partition coefficient (Wildman–Crippen LogP) is 3.70. The van der Waals surface area contributed by atoms with E-state index in [1.54, 1.807) is 6.07 Å². The molecule has 0 radical (unpaired) electrons. The van der Waals surface area contributed by atoms with Gasteiger partial charge >= 0.3 is 5.97 Å². The van der Waals surface area contributed by atoms with Gasteiger partial charge in [-0.1, -0.05) is 36.8 Å². The number of rotatable bonds is 3. The molecule has 0 spiro atoms. The van der Waals surface area contributed by atoms with Crippen molar-refractivity contribution in [1.82, 2.24) is 0 Å². The van der Waals surface area contributed by atoms with E-state index in [9.17, 15) is 9.90 Å². The first-order chi connectivity index (χ1) is 9.02. The summed E-state index contributed by atoms with van der Waals surface area (Å²) in [6.45, 7) is 4.10. The van der Waals surface area contributed by atoms with Crippen LogP contribution in [-0.4, -0.2) is 18.2 Å². The molecule has 4 heteroatoms. The van der Waals surface area contributed by atoms with Crippen LogP contribution in [0.1, 0.15) is 38.5 Å². The summed E-state index contributed by atoms with van der Waals surface area (Å²) >= 11 is 1.27. The largest absolute Gasteiger partial charge is 0.506 e. The Morgan fingerprint density at radius 2 is 1.95 bits per heavy atom. The van der Waals surface area contributed by atoms with Crippen molar-refractivity contribution in [3.8, 4) is 5.75 Å². The number of methoxy groups -OCH3 is 1. The number of aryl methyl sites for hydroxylation is 1. The van der Waals surface area contributed by atoms with E-state index < -0.39 is 5.97 Å². The minimum absolute atomic E-state index is 0.00851. The summed E-state index contributed by atoms with van der Waals surface area (Å²) in [7, 11) is 1.31. The third-order valence-electron chi connectivity index (χ3n) is 3.11. The smallest absolute Gasteiger partial charge is 0.351 e. The lowest BCUT2D eigenvalue weighted by atomic mass is 9.98. The Kier molecular flexibility index (Phi) is 3.90. The zero-order valence-corrected chi connectivity index (χ0v) is 12.0. The molecule has 2 aromatic rings. The number of carbonyl (C=O) groups is 1. The molecule has 1 unspecified atom stereocenters. The van der Waals surface area contributed by atoms with Crippen LogP contribution in [0.2, 0.25) is 0 Å². The summed E-state index contributed by atoms with van der Waals surface area (Å²) in [6, 6.07) is 9.88. The monoisotopic (exact) mass is 276 g/mol. The first kappa shape index (κ1) is 13.6. The molecule has 1 N–H and O–H groups in total. The van der Waals surface area contributed by atoms with Crippen molar-refractivity contribution in [2.75, 3.05) is 7.11 Å². The number of esters is 1. The zero-order valence-electron chi connectivity index (χ0n) is 11.1. The van der Waals surface area contributed by atoms with Crippen molar-refractivity contribution >= 4 is 17.3 Å². The van der Waals surface area contributed by atoms with Crippen molar-refractivity contribution in [3.05, 3.63) is 51.2 Å². The number of hydrogen-bond acceptors (Lipinski definition) is 4. The van der Waals surface area contributed by atoms with Crippen LogP contribution in [0.5, 0.6) is 5.75 Å². The third-order valence-corrected chi connectivity index (χ3v) is 4.39. The topological polar surface area (TPSA) is 46.5 Å². The van der Waals surface area contributed by atoms with Gasteiger partial charge in [0, 0.05) is 10.8 Å². The number of hydrogen-bond donors (Lipinski definition) is 1. The molecular weight excluding hydrogens is 260 g/mol. The summed E-state index contributed by atoms with van der Waals surface area (Å²) in [4.78, 5) is 12.7. The van der Waals surface area contributed by atoms with Gasteiger partial charge in [0.15, 0.2) is 4.88 Å². The maximum Gasteiger partial charge on any atom is 0.351 e. The van der Waals surface area contributed by atoms with Crippen molar-refractivity contribution < 1.29 is 14.6 Å².